The fourth-order valence-electron chi connectivity index (χ4n) is 2.51. The first-order valence-electron chi connectivity index (χ1n) is 8.58. The average Bonchev–Trinajstić information content (AvgIpc) is 3.08. The third-order valence-electron chi connectivity index (χ3n) is 3.97. The van der Waals surface area contributed by atoms with Crippen molar-refractivity contribution in [1.82, 2.24) is 10.3 Å². The van der Waals surface area contributed by atoms with Gasteiger partial charge in [0.25, 0.3) is 5.91 Å². The van der Waals surface area contributed by atoms with Crippen molar-refractivity contribution >= 4 is 34.6 Å². The third-order valence-corrected chi connectivity index (χ3v) is 4.34. The number of halogens is 1. The average molecular weight is 387 g/mol. The zero-order valence-corrected chi connectivity index (χ0v) is 15.5. The fourth-order valence-corrected chi connectivity index (χ4v) is 2.72. The highest BCUT2D eigenvalue weighted by Crippen LogP contribution is 2.16. The highest BCUT2D eigenvalue weighted by Gasteiger charge is 2.18. The summed E-state index contributed by atoms with van der Waals surface area (Å²) in [5.74, 6) is -0.410. The summed E-state index contributed by atoms with van der Waals surface area (Å²) in [4.78, 5) is 28.4. The van der Waals surface area contributed by atoms with Crippen LogP contribution in [0.4, 0.5) is 0 Å². The molecule has 1 amide bonds. The van der Waals surface area contributed by atoms with Crippen molar-refractivity contribution in [3.8, 4) is 0 Å². The van der Waals surface area contributed by atoms with Crippen LogP contribution in [0.5, 0.6) is 0 Å². The number of nitrogens with one attached hydrogen (secondary N) is 1. The van der Waals surface area contributed by atoms with Crippen LogP contribution in [-0.2, 0) is 27.3 Å². The molecule has 27 heavy (non-hydrogen) atoms. The monoisotopic (exact) mass is 386 g/mol. The fraction of sp³-hybridized carbons (Fsp3) is 0.250. The van der Waals surface area contributed by atoms with Crippen molar-refractivity contribution in [3.63, 3.8) is 0 Å². The summed E-state index contributed by atoms with van der Waals surface area (Å²) < 4.78 is 10.7. The van der Waals surface area contributed by atoms with Gasteiger partial charge in [0.2, 0.25) is 0 Å². The Balaban J connectivity index is 1.45. The van der Waals surface area contributed by atoms with Crippen LogP contribution >= 0.6 is 11.6 Å². The maximum absolute atomic E-state index is 12.1. The minimum absolute atomic E-state index is 0.0783. The summed E-state index contributed by atoms with van der Waals surface area (Å²) in [7, 11) is 0. The Morgan fingerprint density at radius 3 is 2.70 bits per heavy atom. The van der Waals surface area contributed by atoms with Gasteiger partial charge in [0.1, 0.15) is 5.52 Å². The number of benzene rings is 2. The summed E-state index contributed by atoms with van der Waals surface area (Å²) in [5.41, 5.74) is 2.21. The second-order valence-corrected chi connectivity index (χ2v) is 6.42. The van der Waals surface area contributed by atoms with Crippen LogP contribution in [0.3, 0.4) is 0 Å². The summed E-state index contributed by atoms with van der Waals surface area (Å²) in [6.45, 7) is 1.79. The predicted molar refractivity (Wildman–Crippen MR) is 101 cm³/mol. The van der Waals surface area contributed by atoms with Crippen molar-refractivity contribution in [2.75, 3.05) is 0 Å². The number of rotatable bonds is 7. The lowest BCUT2D eigenvalue weighted by atomic mass is 10.2. The van der Waals surface area contributed by atoms with E-state index in [0.29, 0.717) is 22.9 Å². The normalized spacial score (nSPS) is 11.9. The molecule has 1 aromatic heterocycles. The molecule has 0 fully saturated rings. The Hall–Kier alpha value is -2.86. The first-order chi connectivity index (χ1) is 13.0. The molecule has 0 saturated carbocycles. The second kappa shape index (κ2) is 8.68. The summed E-state index contributed by atoms with van der Waals surface area (Å²) in [6.07, 6.45) is -0.514. The molecule has 7 heteroatoms. The molecule has 1 heterocycles. The molecule has 6 nitrogen and oxygen atoms in total. The Morgan fingerprint density at radius 1 is 1.19 bits per heavy atom. The molecule has 140 valence electrons. The number of carbonyl (C=O) groups is 2. The number of para-hydroxylation sites is 2. The van der Waals surface area contributed by atoms with E-state index in [2.05, 4.69) is 10.3 Å². The van der Waals surface area contributed by atoms with Crippen LogP contribution in [-0.4, -0.2) is 23.0 Å². The molecule has 0 unspecified atom stereocenters. The van der Waals surface area contributed by atoms with E-state index in [9.17, 15) is 9.59 Å². The molecule has 0 bridgehead atoms. The lowest BCUT2D eigenvalue weighted by Gasteiger charge is -2.13. The first kappa shape index (κ1) is 18.9. The van der Waals surface area contributed by atoms with Crippen molar-refractivity contribution < 1.29 is 18.7 Å². The van der Waals surface area contributed by atoms with Crippen molar-refractivity contribution in [1.29, 1.82) is 0 Å². The van der Waals surface area contributed by atoms with E-state index in [4.69, 9.17) is 20.8 Å². The lowest BCUT2D eigenvalue weighted by Crippen LogP contribution is -2.35. The number of aryl methyl sites for hydroxylation is 1. The molecule has 3 aromatic rings. The molecular formula is C20H19ClN2O4. The number of amides is 1. The quantitative estimate of drug-likeness (QED) is 0.626. The van der Waals surface area contributed by atoms with Crippen molar-refractivity contribution in [3.05, 3.63) is 65.0 Å². The molecule has 0 aliphatic heterocycles. The third kappa shape index (κ3) is 5.08. The molecule has 3 rings (SSSR count). The van der Waals surface area contributed by atoms with E-state index in [0.717, 1.165) is 11.1 Å². The molecule has 2 aromatic carbocycles. The van der Waals surface area contributed by atoms with Crippen LogP contribution in [0.15, 0.2) is 52.9 Å². The van der Waals surface area contributed by atoms with E-state index in [-0.39, 0.29) is 18.9 Å². The molecular weight excluding hydrogens is 368 g/mol. The van der Waals surface area contributed by atoms with Crippen molar-refractivity contribution in [2.45, 2.75) is 32.4 Å². The van der Waals surface area contributed by atoms with E-state index in [1.54, 1.807) is 6.07 Å². The number of nitrogens with zero attached hydrogens (tertiary/aromatic N) is 1. The van der Waals surface area contributed by atoms with E-state index >= 15 is 0 Å². The Labute approximate surface area is 161 Å². The molecule has 1 atom stereocenters. The minimum Gasteiger partial charge on any atom is -0.453 e. The van der Waals surface area contributed by atoms with Crippen LogP contribution < -0.4 is 5.32 Å². The maximum atomic E-state index is 12.1. The van der Waals surface area contributed by atoms with Gasteiger partial charge in [0.05, 0.1) is 6.42 Å². The number of fused-ring (bicyclic) bond motifs is 1. The van der Waals surface area contributed by atoms with Gasteiger partial charge in [0.15, 0.2) is 17.6 Å². The maximum Gasteiger partial charge on any atom is 0.307 e. The second-order valence-electron chi connectivity index (χ2n) is 6.02. The van der Waals surface area contributed by atoms with Gasteiger partial charge in [-0.3, -0.25) is 9.59 Å². The molecule has 0 aliphatic rings. The van der Waals surface area contributed by atoms with Crippen LogP contribution in [0.2, 0.25) is 5.02 Å². The Morgan fingerprint density at radius 2 is 1.93 bits per heavy atom. The number of aromatic nitrogens is 1. The van der Waals surface area contributed by atoms with E-state index in [1.807, 2.05) is 42.5 Å². The molecule has 0 spiro atoms. The van der Waals surface area contributed by atoms with Gasteiger partial charge in [0, 0.05) is 18.0 Å². The standard InChI is InChI=1S/C20H19ClN2O4/c1-13(20(25)22-12-14-6-2-3-7-15(14)21)26-19(24)11-10-18-23-16-8-4-5-9-17(16)27-18/h2-9,13H,10-12H2,1H3,(H,22,25)/t13-/m1/s1. The number of esters is 1. The van der Waals surface area contributed by atoms with Crippen molar-refractivity contribution in [2.24, 2.45) is 0 Å². The van der Waals surface area contributed by atoms with Gasteiger partial charge >= 0.3 is 5.97 Å². The number of carbonyl (C=O) groups excluding carboxylic acids is 2. The van der Waals surface area contributed by atoms with Gasteiger partial charge in [-0.25, -0.2) is 4.98 Å². The van der Waals surface area contributed by atoms with E-state index < -0.39 is 12.1 Å². The zero-order valence-electron chi connectivity index (χ0n) is 14.8. The summed E-state index contributed by atoms with van der Waals surface area (Å²) >= 11 is 6.05. The Kier molecular flexibility index (Phi) is 6.08. The van der Waals surface area contributed by atoms with Gasteiger partial charge in [-0.05, 0) is 30.7 Å². The van der Waals surface area contributed by atoms with Gasteiger partial charge in [-0.1, -0.05) is 41.9 Å². The molecule has 0 radical (unpaired) electrons. The molecule has 1 N–H and O–H groups in total. The number of oxazole rings is 1. The van der Waals surface area contributed by atoms with Crippen LogP contribution in [0.25, 0.3) is 11.1 Å². The first-order valence-corrected chi connectivity index (χ1v) is 8.96. The highest BCUT2D eigenvalue weighted by molar-refractivity contribution is 6.31. The summed E-state index contributed by atoms with van der Waals surface area (Å²) in [6, 6.07) is 14.6. The highest BCUT2D eigenvalue weighted by atomic mass is 35.5. The molecule has 0 aliphatic carbocycles. The minimum atomic E-state index is -0.899. The van der Waals surface area contributed by atoms with Gasteiger partial charge < -0.3 is 14.5 Å². The number of hydrogen-bond acceptors (Lipinski definition) is 5. The predicted octanol–water partition coefficient (Wildman–Crippen LogP) is 3.66. The number of hydrogen-bond donors (Lipinski definition) is 1. The van der Waals surface area contributed by atoms with Gasteiger partial charge in [-0.15, -0.1) is 0 Å². The topological polar surface area (TPSA) is 81.4 Å². The van der Waals surface area contributed by atoms with E-state index in [1.165, 1.54) is 6.92 Å². The summed E-state index contributed by atoms with van der Waals surface area (Å²) in [5, 5.41) is 3.28. The lowest BCUT2D eigenvalue weighted by molar-refractivity contribution is -0.154. The van der Waals surface area contributed by atoms with Crippen LogP contribution in [0, 0.1) is 0 Å². The smallest absolute Gasteiger partial charge is 0.307 e. The zero-order chi connectivity index (χ0) is 19.2. The van der Waals surface area contributed by atoms with Gasteiger partial charge in [-0.2, -0.15) is 0 Å². The molecule has 0 saturated heterocycles. The largest absolute Gasteiger partial charge is 0.453 e. The Bertz CT molecular complexity index is 921. The van der Waals surface area contributed by atoms with Crippen LogP contribution in [0.1, 0.15) is 24.8 Å². The SMILES string of the molecule is C[C@@H](OC(=O)CCc1nc2ccccc2o1)C(=O)NCc1ccccc1Cl. The number of ether oxygens (including phenoxy) is 1.